The van der Waals surface area contributed by atoms with Gasteiger partial charge in [-0.2, -0.15) is 0 Å². The minimum atomic E-state index is -0.398. The second kappa shape index (κ2) is 28.8. The highest BCUT2D eigenvalue weighted by Gasteiger charge is 2.31. The highest BCUT2D eigenvalue weighted by Crippen LogP contribution is 2.44. The van der Waals surface area contributed by atoms with Crippen molar-refractivity contribution in [2.75, 3.05) is 37.9 Å². The Morgan fingerprint density at radius 3 is 1.05 bits per heavy atom. The maximum Gasteiger partial charge on any atom is 0.145 e. The summed E-state index contributed by atoms with van der Waals surface area (Å²) in [4.78, 5) is 0. The lowest BCUT2D eigenvalue weighted by Gasteiger charge is -2.34. The molecule has 0 atom stereocenters. The van der Waals surface area contributed by atoms with E-state index in [1.807, 2.05) is 41.2 Å². The monoisotopic (exact) mass is 646 g/mol. The van der Waals surface area contributed by atoms with Crippen LogP contribution in [0.2, 0.25) is 12.1 Å². The molecule has 10 heteroatoms. The number of rotatable bonds is 31. The van der Waals surface area contributed by atoms with E-state index in [0.717, 1.165) is 76.5 Å². The number of unbranched alkanes of at least 4 members (excludes halogenated alkanes) is 4. The van der Waals surface area contributed by atoms with Crippen molar-refractivity contribution in [3.05, 3.63) is 0 Å². The zero-order chi connectivity index (χ0) is 28.2. The molecule has 0 N–H and O–H groups in total. The summed E-state index contributed by atoms with van der Waals surface area (Å²) in [7, 11) is 7.05. The molecule has 0 bridgehead atoms. The van der Waals surface area contributed by atoms with E-state index in [-0.39, 0.29) is 10.8 Å². The maximum atomic E-state index is 6.43. The third-order valence-corrected chi connectivity index (χ3v) is 17.1. The van der Waals surface area contributed by atoms with Gasteiger partial charge in [-0.25, -0.2) is 0 Å². The molecule has 0 aromatic heterocycles. The molecule has 0 rings (SSSR count). The smallest absolute Gasteiger partial charge is 0.145 e. The summed E-state index contributed by atoms with van der Waals surface area (Å²) < 4.78 is 25.7. The van der Waals surface area contributed by atoms with Crippen molar-refractivity contribution < 1.29 is 18.9 Å². The van der Waals surface area contributed by atoms with Crippen LogP contribution in [-0.2, 0) is 18.9 Å². The summed E-state index contributed by atoms with van der Waals surface area (Å²) in [5.41, 5.74) is -0.474. The molecule has 0 aromatic rings. The van der Waals surface area contributed by atoms with Gasteiger partial charge in [0, 0.05) is 37.9 Å². The van der Waals surface area contributed by atoms with Crippen LogP contribution in [0.3, 0.4) is 0 Å². The third-order valence-electron chi connectivity index (χ3n) is 6.41. The predicted molar refractivity (Wildman–Crippen MR) is 186 cm³/mol. The van der Waals surface area contributed by atoms with Crippen LogP contribution in [0.5, 0.6) is 0 Å². The summed E-state index contributed by atoms with van der Waals surface area (Å²) in [6, 6.07) is 2.48. The van der Waals surface area contributed by atoms with E-state index in [4.69, 9.17) is 18.9 Å². The van der Waals surface area contributed by atoms with Gasteiger partial charge in [0.1, 0.15) is 10.8 Å². The van der Waals surface area contributed by atoms with Crippen molar-refractivity contribution >= 4 is 60.3 Å². The molecule has 0 saturated heterocycles. The fraction of sp³-hybridized carbons (Fsp3) is 1.00. The van der Waals surface area contributed by atoms with E-state index in [2.05, 4.69) is 41.5 Å². The standard InChI is InChI=1S/C28H62O4S4Si2/c1-7-13-21-29-27(37-11-5,30-22-14-8-2)19-17-25-33-35-36-34-26-18-20-28(38-12-6,31-23-15-9-3)32-24-16-10-4/h7-26,37-38H2,1-6H3. The molecule has 0 radical (unpaired) electrons. The normalized spacial score (nSPS) is 13.1. The first-order valence-electron chi connectivity index (χ1n) is 15.7. The fourth-order valence-electron chi connectivity index (χ4n) is 4.19. The van der Waals surface area contributed by atoms with Gasteiger partial charge in [-0.05, 0) is 71.0 Å². The Morgan fingerprint density at radius 1 is 0.474 bits per heavy atom. The molecule has 0 aromatic carbocycles. The van der Waals surface area contributed by atoms with Crippen LogP contribution in [0, 0.1) is 0 Å². The molecule has 0 aliphatic heterocycles. The topological polar surface area (TPSA) is 36.9 Å². The summed E-state index contributed by atoms with van der Waals surface area (Å²) in [5.74, 6) is 2.32. The lowest BCUT2D eigenvalue weighted by atomic mass is 10.3. The minimum absolute atomic E-state index is 0.237. The largest absolute Gasteiger partial charge is 0.354 e. The quantitative estimate of drug-likeness (QED) is 0.0320. The molecule has 0 fully saturated rings. The lowest BCUT2D eigenvalue weighted by Crippen LogP contribution is -2.43. The van der Waals surface area contributed by atoms with Crippen LogP contribution < -0.4 is 0 Å². The average Bonchev–Trinajstić information content (AvgIpc) is 2.90. The number of ether oxygens (including phenoxy) is 4. The Bertz CT molecular complexity index is 434. The Balaban J connectivity index is 4.35. The van der Waals surface area contributed by atoms with Crippen LogP contribution in [0.25, 0.3) is 0 Å². The van der Waals surface area contributed by atoms with Gasteiger partial charge in [-0.1, -0.05) is 101 Å². The SMILES string of the molecule is CCCCOC(CCCSSSSCCCC(OCCCC)(OCCCC)[SiH2]CC)(OCCCC)[SiH2]CC. The molecule has 230 valence electrons. The Kier molecular flexibility index (Phi) is 30.0. The van der Waals surface area contributed by atoms with Gasteiger partial charge in [0.2, 0.25) is 0 Å². The van der Waals surface area contributed by atoms with Crippen molar-refractivity contribution in [3.63, 3.8) is 0 Å². The first-order valence-corrected chi connectivity index (χ1v) is 24.3. The average molecular weight is 647 g/mol. The van der Waals surface area contributed by atoms with E-state index in [1.165, 1.54) is 50.6 Å². The van der Waals surface area contributed by atoms with Crippen molar-refractivity contribution in [3.8, 4) is 0 Å². The molecule has 0 aliphatic carbocycles. The van der Waals surface area contributed by atoms with E-state index < -0.39 is 19.0 Å². The minimum Gasteiger partial charge on any atom is -0.354 e. The van der Waals surface area contributed by atoms with Crippen LogP contribution >= 0.6 is 41.2 Å². The summed E-state index contributed by atoms with van der Waals surface area (Å²) in [6.07, 6.45) is 13.7. The molecule has 0 amide bonds. The second-order valence-corrected chi connectivity index (χ2v) is 21.5. The third kappa shape index (κ3) is 21.4. The van der Waals surface area contributed by atoms with Crippen LogP contribution in [-0.4, -0.2) is 67.8 Å². The van der Waals surface area contributed by atoms with Crippen LogP contribution in [0.4, 0.5) is 0 Å². The van der Waals surface area contributed by atoms with Crippen molar-refractivity contribution in [1.29, 1.82) is 0 Å². The second-order valence-electron chi connectivity index (χ2n) is 10.1. The molecule has 0 saturated carbocycles. The van der Waals surface area contributed by atoms with Gasteiger partial charge in [0.05, 0.1) is 19.0 Å². The molecule has 0 aliphatic rings. The van der Waals surface area contributed by atoms with Gasteiger partial charge >= 0.3 is 0 Å². The van der Waals surface area contributed by atoms with Crippen molar-refractivity contribution in [2.24, 2.45) is 0 Å². The van der Waals surface area contributed by atoms with E-state index in [9.17, 15) is 0 Å². The van der Waals surface area contributed by atoms with Crippen molar-refractivity contribution in [1.82, 2.24) is 0 Å². The molecule has 4 nitrogen and oxygen atoms in total. The maximum absolute atomic E-state index is 6.43. The zero-order valence-corrected chi connectivity index (χ0v) is 31.9. The summed E-state index contributed by atoms with van der Waals surface area (Å²) in [6.45, 7) is 16.9. The Morgan fingerprint density at radius 2 is 0.789 bits per heavy atom. The van der Waals surface area contributed by atoms with Crippen LogP contribution in [0.1, 0.15) is 119 Å². The highest BCUT2D eigenvalue weighted by molar-refractivity contribution is 9.26. The number of hydrogen-bond acceptors (Lipinski definition) is 8. The number of hydrogen-bond donors (Lipinski definition) is 0. The first-order chi connectivity index (χ1) is 18.6. The molecule has 38 heavy (non-hydrogen) atoms. The molecule has 0 unspecified atom stereocenters. The van der Waals surface area contributed by atoms with Crippen LogP contribution in [0.15, 0.2) is 0 Å². The first kappa shape index (κ1) is 39.7. The molecular weight excluding hydrogens is 585 g/mol. The van der Waals surface area contributed by atoms with Gasteiger partial charge in [0.15, 0.2) is 0 Å². The van der Waals surface area contributed by atoms with Gasteiger partial charge < -0.3 is 18.9 Å². The van der Waals surface area contributed by atoms with Gasteiger partial charge in [-0.3, -0.25) is 0 Å². The Hall–Kier alpha value is 1.67. The van der Waals surface area contributed by atoms with Crippen molar-refractivity contribution in [2.45, 2.75) is 142 Å². The molecule has 0 spiro atoms. The predicted octanol–water partition coefficient (Wildman–Crippen LogP) is 9.01. The fourth-order valence-corrected chi connectivity index (χ4v) is 14.0. The summed E-state index contributed by atoms with van der Waals surface area (Å²) in [5, 5.41) is 0. The van der Waals surface area contributed by atoms with E-state index in [1.54, 1.807) is 0 Å². The van der Waals surface area contributed by atoms with Gasteiger partial charge in [0.25, 0.3) is 0 Å². The lowest BCUT2D eigenvalue weighted by molar-refractivity contribution is -0.186. The molecular formula is C28H62O4S4Si2. The summed E-state index contributed by atoms with van der Waals surface area (Å²) >= 11 is 0. The van der Waals surface area contributed by atoms with E-state index in [0.29, 0.717) is 0 Å². The van der Waals surface area contributed by atoms with E-state index >= 15 is 0 Å². The van der Waals surface area contributed by atoms with Gasteiger partial charge in [-0.15, -0.1) is 0 Å². The highest BCUT2D eigenvalue weighted by atomic mass is 33.7. The Labute approximate surface area is 257 Å². The molecule has 0 heterocycles. The zero-order valence-electron chi connectivity index (χ0n) is 25.8.